The molecule has 1 aliphatic carbocycles. The van der Waals surface area contributed by atoms with Crippen LogP contribution in [0.1, 0.15) is 31.4 Å². The number of hydrogen-bond acceptors (Lipinski definition) is 8. The summed E-state index contributed by atoms with van der Waals surface area (Å²) in [6.07, 6.45) is 3.12. The van der Waals surface area contributed by atoms with Crippen molar-refractivity contribution in [2.75, 3.05) is 10.6 Å². The second kappa shape index (κ2) is 8.05. The minimum atomic E-state index is -0.205. The molecule has 1 saturated carbocycles. The van der Waals surface area contributed by atoms with Crippen LogP contribution in [0.15, 0.2) is 28.7 Å². The lowest BCUT2D eigenvalue weighted by Crippen LogP contribution is -2.29. The molecule has 0 aliphatic heterocycles. The zero-order valence-electron chi connectivity index (χ0n) is 14.5. The quantitative estimate of drug-likeness (QED) is 0.469. The number of benzene rings is 1. The third-order valence-corrected chi connectivity index (χ3v) is 5.98. The van der Waals surface area contributed by atoms with Gasteiger partial charge in [-0.3, -0.25) is 0 Å². The molecule has 3 aromatic rings. The highest BCUT2D eigenvalue weighted by Crippen LogP contribution is 2.30. The van der Waals surface area contributed by atoms with E-state index in [-0.39, 0.29) is 18.8 Å². The first-order chi connectivity index (χ1) is 13.1. The van der Waals surface area contributed by atoms with Gasteiger partial charge >= 0.3 is 0 Å². The third kappa shape index (κ3) is 4.55. The topological polar surface area (TPSA) is 103 Å². The van der Waals surface area contributed by atoms with Gasteiger partial charge in [0.2, 0.25) is 5.95 Å². The molecule has 0 amide bonds. The number of nitrogens with one attached hydrogen (secondary N) is 2. The van der Waals surface area contributed by atoms with Crippen molar-refractivity contribution >= 4 is 54.4 Å². The van der Waals surface area contributed by atoms with Gasteiger partial charge in [-0.2, -0.15) is 4.98 Å². The summed E-state index contributed by atoms with van der Waals surface area (Å²) in [6, 6.07) is 7.91. The van der Waals surface area contributed by atoms with Gasteiger partial charge in [-0.1, -0.05) is 27.3 Å². The van der Waals surface area contributed by atoms with Crippen LogP contribution >= 0.6 is 27.3 Å². The van der Waals surface area contributed by atoms with Gasteiger partial charge < -0.3 is 20.8 Å². The van der Waals surface area contributed by atoms with E-state index in [4.69, 9.17) is 0 Å². The molecule has 0 spiro atoms. The summed E-state index contributed by atoms with van der Waals surface area (Å²) in [6.45, 7) is -0.165. The Hall–Kier alpha value is -1.81. The normalized spacial score (nSPS) is 20.0. The molecule has 4 rings (SSSR count). The standard InChI is InChI=1S/C18H20BrN5O2S/c19-10-1-6-14-15(7-10)27-18(22-14)24-16-8-12(9-25)21-17(23-16)20-11-2-4-13(26)5-3-11/h1,6-8,11,13,25-26H,2-5,9H2,(H2,20,21,22,23,24). The summed E-state index contributed by atoms with van der Waals surface area (Å²) < 4.78 is 2.08. The minimum Gasteiger partial charge on any atom is -0.393 e. The van der Waals surface area contributed by atoms with Crippen LogP contribution in [-0.4, -0.2) is 37.3 Å². The highest BCUT2D eigenvalue weighted by atomic mass is 79.9. The van der Waals surface area contributed by atoms with Crippen LogP contribution in [-0.2, 0) is 6.61 Å². The van der Waals surface area contributed by atoms with E-state index in [0.29, 0.717) is 17.5 Å². The Morgan fingerprint density at radius 1 is 1.11 bits per heavy atom. The van der Waals surface area contributed by atoms with Crippen LogP contribution < -0.4 is 10.6 Å². The predicted molar refractivity (Wildman–Crippen MR) is 110 cm³/mol. The number of fused-ring (bicyclic) bond motifs is 1. The Bertz CT molecular complexity index is 943. The number of aliphatic hydroxyl groups excluding tert-OH is 2. The molecular formula is C18H20BrN5O2S. The number of thiazole rings is 1. The number of nitrogens with zero attached hydrogens (tertiary/aromatic N) is 3. The monoisotopic (exact) mass is 449 g/mol. The molecule has 9 heteroatoms. The smallest absolute Gasteiger partial charge is 0.225 e. The largest absolute Gasteiger partial charge is 0.393 e. The first-order valence-electron chi connectivity index (χ1n) is 8.85. The molecule has 0 unspecified atom stereocenters. The van der Waals surface area contributed by atoms with E-state index < -0.39 is 0 Å². The fourth-order valence-electron chi connectivity index (χ4n) is 3.17. The summed E-state index contributed by atoms with van der Waals surface area (Å²) in [5, 5.41) is 26.5. The Kier molecular flexibility index (Phi) is 5.53. The molecule has 0 bridgehead atoms. The fourth-order valence-corrected chi connectivity index (χ4v) is 4.60. The molecule has 1 aromatic carbocycles. The van der Waals surface area contributed by atoms with Crippen molar-refractivity contribution in [3.63, 3.8) is 0 Å². The van der Waals surface area contributed by atoms with E-state index in [2.05, 4.69) is 41.5 Å². The SMILES string of the molecule is OCc1cc(Nc2nc3ccc(Br)cc3s2)nc(NC2CCC(O)CC2)n1. The Morgan fingerprint density at radius 3 is 2.70 bits per heavy atom. The van der Waals surface area contributed by atoms with Crippen LogP contribution in [0.3, 0.4) is 0 Å². The number of aliphatic hydroxyl groups is 2. The molecule has 0 saturated heterocycles. The van der Waals surface area contributed by atoms with Gasteiger partial charge in [0.05, 0.1) is 28.6 Å². The van der Waals surface area contributed by atoms with E-state index in [0.717, 1.165) is 45.5 Å². The fraction of sp³-hybridized carbons (Fsp3) is 0.389. The summed E-state index contributed by atoms with van der Waals surface area (Å²) in [4.78, 5) is 13.5. The maximum absolute atomic E-state index is 9.65. The summed E-state index contributed by atoms with van der Waals surface area (Å²) in [7, 11) is 0. The van der Waals surface area contributed by atoms with Crippen molar-refractivity contribution in [3.8, 4) is 0 Å². The average molecular weight is 450 g/mol. The second-order valence-electron chi connectivity index (χ2n) is 6.63. The summed E-state index contributed by atoms with van der Waals surface area (Å²) in [5.74, 6) is 1.07. The third-order valence-electron chi connectivity index (χ3n) is 4.56. The van der Waals surface area contributed by atoms with Crippen molar-refractivity contribution in [2.24, 2.45) is 0 Å². The van der Waals surface area contributed by atoms with Gasteiger partial charge in [-0.05, 0) is 43.9 Å². The molecule has 0 atom stereocenters. The van der Waals surface area contributed by atoms with Crippen LogP contribution in [0, 0.1) is 0 Å². The zero-order chi connectivity index (χ0) is 18.8. The predicted octanol–water partition coefficient (Wildman–Crippen LogP) is 3.80. The van der Waals surface area contributed by atoms with E-state index in [1.165, 1.54) is 11.3 Å². The molecule has 2 aromatic heterocycles. The lowest BCUT2D eigenvalue weighted by Gasteiger charge is -2.26. The Labute approximate surface area is 169 Å². The minimum absolute atomic E-state index is 0.165. The number of halogens is 1. The molecule has 1 fully saturated rings. The van der Waals surface area contributed by atoms with Crippen LogP contribution in [0.25, 0.3) is 10.2 Å². The lowest BCUT2D eigenvalue weighted by atomic mass is 9.93. The number of hydrogen-bond donors (Lipinski definition) is 4. The maximum atomic E-state index is 9.65. The highest BCUT2D eigenvalue weighted by molar-refractivity contribution is 9.10. The van der Waals surface area contributed by atoms with E-state index in [9.17, 15) is 10.2 Å². The molecule has 7 nitrogen and oxygen atoms in total. The van der Waals surface area contributed by atoms with Crippen molar-refractivity contribution < 1.29 is 10.2 Å². The van der Waals surface area contributed by atoms with Crippen molar-refractivity contribution in [2.45, 2.75) is 44.4 Å². The van der Waals surface area contributed by atoms with Crippen LogP contribution in [0.4, 0.5) is 16.9 Å². The number of anilines is 3. The number of rotatable bonds is 5. The molecule has 142 valence electrons. The molecule has 0 radical (unpaired) electrons. The van der Waals surface area contributed by atoms with Gasteiger partial charge in [-0.15, -0.1) is 0 Å². The van der Waals surface area contributed by atoms with Crippen LogP contribution in [0.5, 0.6) is 0 Å². The van der Waals surface area contributed by atoms with Crippen molar-refractivity contribution in [1.82, 2.24) is 15.0 Å². The first-order valence-corrected chi connectivity index (χ1v) is 10.5. The Balaban J connectivity index is 1.54. The lowest BCUT2D eigenvalue weighted by molar-refractivity contribution is 0.126. The number of aromatic nitrogens is 3. The van der Waals surface area contributed by atoms with E-state index >= 15 is 0 Å². The van der Waals surface area contributed by atoms with Gasteiger partial charge in [0.15, 0.2) is 5.13 Å². The molecular weight excluding hydrogens is 430 g/mol. The van der Waals surface area contributed by atoms with Crippen molar-refractivity contribution in [1.29, 1.82) is 0 Å². The van der Waals surface area contributed by atoms with E-state index in [1.54, 1.807) is 6.07 Å². The Morgan fingerprint density at radius 2 is 1.93 bits per heavy atom. The van der Waals surface area contributed by atoms with Gasteiger partial charge in [0.1, 0.15) is 5.82 Å². The molecule has 1 aliphatic rings. The first kappa shape index (κ1) is 18.5. The molecule has 27 heavy (non-hydrogen) atoms. The average Bonchev–Trinajstić information content (AvgIpc) is 3.04. The summed E-state index contributed by atoms with van der Waals surface area (Å²) >= 11 is 5.01. The summed E-state index contributed by atoms with van der Waals surface area (Å²) in [5.41, 5.74) is 1.45. The second-order valence-corrected chi connectivity index (χ2v) is 8.58. The molecule has 4 N–H and O–H groups in total. The maximum Gasteiger partial charge on any atom is 0.225 e. The van der Waals surface area contributed by atoms with Crippen LogP contribution in [0.2, 0.25) is 0 Å². The van der Waals surface area contributed by atoms with Gasteiger partial charge in [-0.25, -0.2) is 9.97 Å². The van der Waals surface area contributed by atoms with Crippen molar-refractivity contribution in [3.05, 3.63) is 34.4 Å². The molecule has 2 heterocycles. The van der Waals surface area contributed by atoms with Gasteiger partial charge in [0, 0.05) is 16.6 Å². The highest BCUT2D eigenvalue weighted by Gasteiger charge is 2.20. The van der Waals surface area contributed by atoms with E-state index in [1.807, 2.05) is 18.2 Å². The zero-order valence-corrected chi connectivity index (χ0v) is 16.9. The van der Waals surface area contributed by atoms with Gasteiger partial charge in [0.25, 0.3) is 0 Å².